The molecule has 0 aliphatic heterocycles. The third-order valence-electron chi connectivity index (χ3n) is 4.46. The molecule has 2 aromatic rings. The largest absolute Gasteiger partial charge is 0.497 e. The van der Waals surface area contributed by atoms with Crippen LogP contribution in [-0.2, 0) is 12.8 Å². The summed E-state index contributed by atoms with van der Waals surface area (Å²) in [5, 5.41) is 0. The molecule has 2 atom stereocenters. The summed E-state index contributed by atoms with van der Waals surface area (Å²) < 4.78 is 19.2. The minimum Gasteiger partial charge on any atom is -0.497 e. The van der Waals surface area contributed by atoms with E-state index in [-0.39, 0.29) is 17.8 Å². The molecule has 2 N–H and O–H groups in total. The lowest BCUT2D eigenvalue weighted by Crippen LogP contribution is -2.27. The molecule has 0 amide bonds. The average molecular weight is 285 g/mol. The lowest BCUT2D eigenvalue weighted by molar-refractivity contribution is 0.370. The Morgan fingerprint density at radius 1 is 1.19 bits per heavy atom. The number of fused-ring (bicyclic) bond motifs is 1. The molecule has 21 heavy (non-hydrogen) atoms. The van der Waals surface area contributed by atoms with Gasteiger partial charge in [0.25, 0.3) is 0 Å². The van der Waals surface area contributed by atoms with E-state index in [0.29, 0.717) is 11.3 Å². The fourth-order valence-corrected chi connectivity index (χ4v) is 3.19. The van der Waals surface area contributed by atoms with Crippen LogP contribution in [0.15, 0.2) is 42.5 Å². The minimum atomic E-state index is -0.277. The number of methoxy groups -OCH3 is 1. The fraction of sp³-hybridized carbons (Fsp3) is 0.333. The first-order valence-electron chi connectivity index (χ1n) is 7.35. The maximum atomic E-state index is 14.2. The van der Waals surface area contributed by atoms with Gasteiger partial charge in [0.15, 0.2) is 0 Å². The van der Waals surface area contributed by atoms with Crippen LogP contribution < -0.4 is 10.5 Å². The molecule has 0 heterocycles. The predicted octanol–water partition coefficient (Wildman–Crippen LogP) is 3.64. The molecule has 2 nitrogen and oxygen atoms in total. The van der Waals surface area contributed by atoms with Gasteiger partial charge in [0, 0.05) is 17.7 Å². The van der Waals surface area contributed by atoms with Gasteiger partial charge in [0.1, 0.15) is 11.6 Å². The van der Waals surface area contributed by atoms with Crippen LogP contribution in [0.1, 0.15) is 29.2 Å². The van der Waals surface area contributed by atoms with Crippen LogP contribution in [0.4, 0.5) is 4.39 Å². The molecule has 1 aliphatic carbocycles. The van der Waals surface area contributed by atoms with E-state index in [9.17, 15) is 4.39 Å². The van der Waals surface area contributed by atoms with E-state index in [1.54, 1.807) is 12.1 Å². The van der Waals surface area contributed by atoms with Crippen molar-refractivity contribution in [3.8, 4) is 5.75 Å². The number of aryl methyl sites for hydroxylation is 1. The number of benzene rings is 2. The standard InChI is InChI=1S/C18H20FNO/c1-21-15-8-9-16(17(19)11-15)18(20)14-7-6-12-4-2-3-5-13(12)10-14/h2-5,8-9,11,14,18H,6-7,10,20H2,1H3. The summed E-state index contributed by atoms with van der Waals surface area (Å²) in [5.74, 6) is 0.529. The van der Waals surface area contributed by atoms with Gasteiger partial charge in [-0.2, -0.15) is 0 Å². The van der Waals surface area contributed by atoms with Crippen LogP contribution in [0.5, 0.6) is 5.75 Å². The van der Waals surface area contributed by atoms with Gasteiger partial charge in [-0.3, -0.25) is 0 Å². The summed E-state index contributed by atoms with van der Waals surface area (Å²) in [6, 6.07) is 13.1. The SMILES string of the molecule is COc1ccc(C(N)C2CCc3ccccc3C2)c(F)c1. The van der Waals surface area contributed by atoms with Crippen molar-refractivity contribution in [1.29, 1.82) is 0 Å². The second-order valence-corrected chi connectivity index (χ2v) is 5.68. The van der Waals surface area contributed by atoms with E-state index in [4.69, 9.17) is 10.5 Å². The van der Waals surface area contributed by atoms with Gasteiger partial charge < -0.3 is 10.5 Å². The van der Waals surface area contributed by atoms with E-state index in [0.717, 1.165) is 19.3 Å². The summed E-state index contributed by atoms with van der Waals surface area (Å²) in [5.41, 5.74) is 9.67. The van der Waals surface area contributed by atoms with E-state index >= 15 is 0 Å². The van der Waals surface area contributed by atoms with E-state index < -0.39 is 0 Å². The quantitative estimate of drug-likeness (QED) is 0.934. The molecule has 0 aromatic heterocycles. The fourth-order valence-electron chi connectivity index (χ4n) is 3.19. The third-order valence-corrected chi connectivity index (χ3v) is 4.46. The highest BCUT2D eigenvalue weighted by molar-refractivity contribution is 5.33. The maximum Gasteiger partial charge on any atom is 0.131 e. The molecule has 2 unspecified atom stereocenters. The smallest absolute Gasteiger partial charge is 0.131 e. The van der Waals surface area contributed by atoms with Crippen LogP contribution >= 0.6 is 0 Å². The van der Waals surface area contributed by atoms with E-state index in [1.165, 1.54) is 24.3 Å². The number of hydrogen-bond acceptors (Lipinski definition) is 2. The van der Waals surface area contributed by atoms with Gasteiger partial charge >= 0.3 is 0 Å². The molecule has 0 spiro atoms. The van der Waals surface area contributed by atoms with Crippen molar-refractivity contribution in [2.24, 2.45) is 11.7 Å². The Labute approximate surface area is 124 Å². The maximum absolute atomic E-state index is 14.2. The molecule has 110 valence electrons. The average Bonchev–Trinajstić information content (AvgIpc) is 2.53. The topological polar surface area (TPSA) is 35.2 Å². The molecular formula is C18H20FNO. The first kappa shape index (κ1) is 14.1. The van der Waals surface area contributed by atoms with E-state index in [1.807, 2.05) is 0 Å². The lowest BCUT2D eigenvalue weighted by atomic mass is 9.78. The Bertz CT molecular complexity index is 641. The zero-order chi connectivity index (χ0) is 14.8. The van der Waals surface area contributed by atoms with Crippen molar-refractivity contribution < 1.29 is 9.13 Å². The van der Waals surface area contributed by atoms with Crippen LogP contribution in [0, 0.1) is 11.7 Å². The molecule has 0 bridgehead atoms. The minimum absolute atomic E-state index is 0.274. The summed E-state index contributed by atoms with van der Waals surface area (Å²) in [4.78, 5) is 0. The van der Waals surface area contributed by atoms with Crippen LogP contribution in [-0.4, -0.2) is 7.11 Å². The van der Waals surface area contributed by atoms with Gasteiger partial charge in [-0.25, -0.2) is 4.39 Å². The van der Waals surface area contributed by atoms with E-state index in [2.05, 4.69) is 24.3 Å². The summed E-state index contributed by atoms with van der Waals surface area (Å²) in [7, 11) is 1.53. The first-order valence-corrected chi connectivity index (χ1v) is 7.35. The third kappa shape index (κ3) is 2.79. The molecule has 3 rings (SSSR count). The van der Waals surface area contributed by atoms with Crippen LogP contribution in [0.3, 0.4) is 0 Å². The number of ether oxygens (including phenoxy) is 1. The highest BCUT2D eigenvalue weighted by atomic mass is 19.1. The van der Waals surface area contributed by atoms with Crippen LogP contribution in [0.25, 0.3) is 0 Å². The Morgan fingerprint density at radius 3 is 2.67 bits per heavy atom. The normalized spacial score (nSPS) is 18.9. The number of nitrogens with two attached hydrogens (primary N) is 1. The highest BCUT2D eigenvalue weighted by Crippen LogP contribution is 2.34. The Hall–Kier alpha value is -1.87. The van der Waals surface area contributed by atoms with Crippen molar-refractivity contribution >= 4 is 0 Å². The second kappa shape index (κ2) is 5.86. The van der Waals surface area contributed by atoms with Gasteiger partial charge in [-0.1, -0.05) is 30.3 Å². The van der Waals surface area contributed by atoms with Crippen molar-refractivity contribution in [1.82, 2.24) is 0 Å². The molecule has 0 saturated carbocycles. The molecule has 0 radical (unpaired) electrons. The molecule has 0 saturated heterocycles. The molecule has 0 fully saturated rings. The molecular weight excluding hydrogens is 265 g/mol. The number of hydrogen-bond donors (Lipinski definition) is 1. The Kier molecular flexibility index (Phi) is 3.93. The zero-order valence-corrected chi connectivity index (χ0v) is 12.2. The Morgan fingerprint density at radius 2 is 1.95 bits per heavy atom. The highest BCUT2D eigenvalue weighted by Gasteiger charge is 2.26. The summed E-state index contributed by atoms with van der Waals surface area (Å²) in [6.45, 7) is 0. The predicted molar refractivity (Wildman–Crippen MR) is 81.8 cm³/mol. The monoisotopic (exact) mass is 285 g/mol. The molecule has 3 heteroatoms. The number of rotatable bonds is 3. The molecule has 1 aliphatic rings. The summed E-state index contributed by atoms with van der Waals surface area (Å²) in [6.07, 6.45) is 2.94. The van der Waals surface area contributed by atoms with Crippen molar-refractivity contribution in [2.75, 3.05) is 7.11 Å². The molecule has 2 aromatic carbocycles. The van der Waals surface area contributed by atoms with Crippen molar-refractivity contribution in [3.05, 3.63) is 65.0 Å². The van der Waals surface area contributed by atoms with Crippen molar-refractivity contribution in [2.45, 2.75) is 25.3 Å². The zero-order valence-electron chi connectivity index (χ0n) is 12.2. The van der Waals surface area contributed by atoms with Gasteiger partial charge in [0.2, 0.25) is 0 Å². The number of halogens is 1. The first-order chi connectivity index (χ1) is 10.2. The Balaban J connectivity index is 1.82. The lowest BCUT2D eigenvalue weighted by Gasteiger charge is -2.29. The van der Waals surface area contributed by atoms with Crippen LogP contribution in [0.2, 0.25) is 0 Å². The van der Waals surface area contributed by atoms with Crippen molar-refractivity contribution in [3.63, 3.8) is 0 Å². The van der Waals surface area contributed by atoms with Gasteiger partial charge in [-0.15, -0.1) is 0 Å². The summed E-state index contributed by atoms with van der Waals surface area (Å²) >= 11 is 0. The second-order valence-electron chi connectivity index (χ2n) is 5.68. The van der Waals surface area contributed by atoms with Gasteiger partial charge in [-0.05, 0) is 42.4 Å². The van der Waals surface area contributed by atoms with Gasteiger partial charge in [0.05, 0.1) is 7.11 Å².